The molecule has 1 heterocycles. The van der Waals surface area contributed by atoms with E-state index in [0.717, 1.165) is 35.7 Å². The van der Waals surface area contributed by atoms with Crippen molar-refractivity contribution in [3.63, 3.8) is 0 Å². The lowest BCUT2D eigenvalue weighted by Gasteiger charge is -2.13. The lowest BCUT2D eigenvalue weighted by molar-refractivity contribution is -0.125. The van der Waals surface area contributed by atoms with E-state index < -0.39 is 0 Å². The van der Waals surface area contributed by atoms with E-state index in [1.807, 2.05) is 37.3 Å². The Balaban J connectivity index is 1.98. The van der Waals surface area contributed by atoms with E-state index in [1.165, 1.54) is 0 Å². The van der Waals surface area contributed by atoms with Gasteiger partial charge >= 0.3 is 0 Å². The molecule has 26 heavy (non-hydrogen) atoms. The van der Waals surface area contributed by atoms with Crippen LogP contribution in [-0.2, 0) is 11.3 Å². The van der Waals surface area contributed by atoms with Crippen molar-refractivity contribution in [2.24, 2.45) is 0 Å². The molecule has 0 fully saturated rings. The summed E-state index contributed by atoms with van der Waals surface area (Å²) in [5, 5.41) is 0. The molecule has 0 aliphatic carbocycles. The molecule has 0 bridgehead atoms. The van der Waals surface area contributed by atoms with Crippen LogP contribution >= 0.6 is 0 Å². The third-order valence-corrected chi connectivity index (χ3v) is 3.93. The summed E-state index contributed by atoms with van der Waals surface area (Å²) >= 11 is 0. The van der Waals surface area contributed by atoms with Crippen molar-refractivity contribution in [1.82, 2.24) is 4.90 Å². The molecule has 0 spiro atoms. The van der Waals surface area contributed by atoms with Crippen LogP contribution < -0.4 is 9.47 Å². The van der Waals surface area contributed by atoms with Crippen molar-refractivity contribution < 1.29 is 18.7 Å². The van der Waals surface area contributed by atoms with Crippen molar-refractivity contribution in [2.75, 3.05) is 20.8 Å². The molecule has 1 amide bonds. The number of carbonyl (C=O) groups is 1. The van der Waals surface area contributed by atoms with Gasteiger partial charge in [-0.05, 0) is 49.2 Å². The van der Waals surface area contributed by atoms with Crippen molar-refractivity contribution in [1.29, 1.82) is 0 Å². The Bertz CT molecular complexity index is 748. The van der Waals surface area contributed by atoms with Gasteiger partial charge in [-0.1, -0.05) is 19.4 Å². The number of likely N-dealkylation sites (N-methyl/N-ethyl adjacent to an activating group) is 1. The second-order valence-corrected chi connectivity index (χ2v) is 6.15. The molecule has 1 aromatic heterocycles. The van der Waals surface area contributed by atoms with Crippen LogP contribution in [-0.4, -0.2) is 31.6 Å². The number of furan rings is 1. The molecule has 0 unspecified atom stereocenters. The Labute approximate surface area is 155 Å². The van der Waals surface area contributed by atoms with E-state index in [4.69, 9.17) is 13.9 Å². The van der Waals surface area contributed by atoms with E-state index >= 15 is 0 Å². The van der Waals surface area contributed by atoms with Gasteiger partial charge in [-0.25, -0.2) is 0 Å². The van der Waals surface area contributed by atoms with Gasteiger partial charge in [0, 0.05) is 13.1 Å². The fraction of sp³-hybridized carbons (Fsp3) is 0.381. The second-order valence-electron chi connectivity index (χ2n) is 6.15. The maximum atomic E-state index is 12.3. The van der Waals surface area contributed by atoms with E-state index in [-0.39, 0.29) is 5.91 Å². The number of hydrogen-bond acceptors (Lipinski definition) is 4. The Hall–Kier alpha value is -2.69. The lowest BCUT2D eigenvalue weighted by Crippen LogP contribution is -2.23. The number of hydrogen-bond donors (Lipinski definition) is 0. The van der Waals surface area contributed by atoms with Crippen LogP contribution in [0.1, 0.15) is 36.8 Å². The number of aryl methyl sites for hydroxylation is 1. The van der Waals surface area contributed by atoms with Crippen molar-refractivity contribution in [3.8, 4) is 11.5 Å². The number of unbranched alkanes of at least 4 members (excludes halogenated alkanes) is 1. The standard InChI is InChI=1S/C21H27NO4/c1-5-6-13-25-19-11-8-17(14-20(19)24-4)9-12-21(23)22(3)15-18-10-7-16(2)26-18/h7-12,14H,5-6,13,15H2,1-4H3/b12-9+. The molecule has 5 heteroatoms. The number of rotatable bonds is 9. The zero-order valence-electron chi connectivity index (χ0n) is 16.0. The average molecular weight is 357 g/mol. The Kier molecular flexibility index (Phi) is 7.33. The first kappa shape index (κ1) is 19.6. The molecular formula is C21H27NO4. The van der Waals surface area contributed by atoms with E-state index in [0.29, 0.717) is 18.9 Å². The topological polar surface area (TPSA) is 51.9 Å². The summed E-state index contributed by atoms with van der Waals surface area (Å²) in [6, 6.07) is 9.41. The molecule has 2 rings (SSSR count). The Morgan fingerprint density at radius 1 is 1.23 bits per heavy atom. The first-order valence-electron chi connectivity index (χ1n) is 8.82. The summed E-state index contributed by atoms with van der Waals surface area (Å²) < 4.78 is 16.6. The van der Waals surface area contributed by atoms with Gasteiger partial charge in [-0.2, -0.15) is 0 Å². The third-order valence-electron chi connectivity index (χ3n) is 3.93. The second kappa shape index (κ2) is 9.70. The number of carbonyl (C=O) groups excluding carboxylic acids is 1. The van der Waals surface area contributed by atoms with Crippen molar-refractivity contribution in [2.45, 2.75) is 33.2 Å². The molecule has 0 radical (unpaired) electrons. The maximum absolute atomic E-state index is 12.3. The highest BCUT2D eigenvalue weighted by atomic mass is 16.5. The van der Waals surface area contributed by atoms with Gasteiger partial charge in [0.25, 0.3) is 0 Å². The molecule has 140 valence electrons. The predicted octanol–water partition coefficient (Wildman–Crippen LogP) is 4.45. The molecule has 5 nitrogen and oxygen atoms in total. The van der Waals surface area contributed by atoms with Gasteiger partial charge in [0.15, 0.2) is 11.5 Å². The van der Waals surface area contributed by atoms with E-state index in [9.17, 15) is 4.79 Å². The number of ether oxygens (including phenoxy) is 2. The minimum Gasteiger partial charge on any atom is -0.493 e. The smallest absolute Gasteiger partial charge is 0.246 e. The highest BCUT2D eigenvalue weighted by molar-refractivity contribution is 5.91. The molecule has 2 aromatic rings. The van der Waals surface area contributed by atoms with Crippen LogP contribution in [0.5, 0.6) is 11.5 Å². The summed E-state index contributed by atoms with van der Waals surface area (Å²) in [5.41, 5.74) is 0.875. The van der Waals surface area contributed by atoms with Crippen molar-refractivity contribution >= 4 is 12.0 Å². The van der Waals surface area contributed by atoms with Crippen LogP contribution in [0, 0.1) is 6.92 Å². The first-order valence-corrected chi connectivity index (χ1v) is 8.82. The van der Waals surface area contributed by atoms with Gasteiger partial charge in [0.1, 0.15) is 11.5 Å². The predicted molar refractivity (Wildman–Crippen MR) is 102 cm³/mol. The highest BCUT2D eigenvalue weighted by Crippen LogP contribution is 2.28. The molecule has 0 saturated heterocycles. The molecule has 1 aromatic carbocycles. The quantitative estimate of drug-likeness (QED) is 0.491. The zero-order chi connectivity index (χ0) is 18.9. The van der Waals surface area contributed by atoms with Gasteiger partial charge in [-0.15, -0.1) is 0 Å². The number of amides is 1. The van der Waals surface area contributed by atoms with Crippen LogP contribution in [0.15, 0.2) is 40.8 Å². The van der Waals surface area contributed by atoms with Gasteiger partial charge < -0.3 is 18.8 Å². The summed E-state index contributed by atoms with van der Waals surface area (Å²) in [5.74, 6) is 2.89. The van der Waals surface area contributed by atoms with Crippen LogP contribution in [0.2, 0.25) is 0 Å². The van der Waals surface area contributed by atoms with Crippen LogP contribution in [0.25, 0.3) is 6.08 Å². The fourth-order valence-electron chi connectivity index (χ4n) is 2.41. The SMILES string of the molecule is CCCCOc1ccc(/C=C/C(=O)N(C)Cc2ccc(C)o2)cc1OC. The molecule has 0 aliphatic rings. The largest absolute Gasteiger partial charge is 0.493 e. The molecule has 0 N–H and O–H groups in total. The monoisotopic (exact) mass is 357 g/mol. The van der Waals surface area contributed by atoms with E-state index in [2.05, 4.69) is 6.92 Å². The Morgan fingerprint density at radius 2 is 2.04 bits per heavy atom. The van der Waals surface area contributed by atoms with Crippen LogP contribution in [0.4, 0.5) is 0 Å². The minimum absolute atomic E-state index is 0.0960. The van der Waals surface area contributed by atoms with Crippen molar-refractivity contribution in [3.05, 3.63) is 53.5 Å². The number of methoxy groups -OCH3 is 1. The highest BCUT2D eigenvalue weighted by Gasteiger charge is 2.09. The van der Waals surface area contributed by atoms with Gasteiger partial charge in [0.2, 0.25) is 5.91 Å². The van der Waals surface area contributed by atoms with Gasteiger partial charge in [0.05, 0.1) is 20.3 Å². The molecule has 0 saturated carbocycles. The van der Waals surface area contributed by atoms with Gasteiger partial charge in [-0.3, -0.25) is 4.79 Å². The summed E-state index contributed by atoms with van der Waals surface area (Å²) in [4.78, 5) is 13.9. The first-order chi connectivity index (χ1) is 12.5. The maximum Gasteiger partial charge on any atom is 0.246 e. The number of benzene rings is 1. The normalized spacial score (nSPS) is 10.9. The molecule has 0 aliphatic heterocycles. The summed E-state index contributed by atoms with van der Waals surface area (Å²) in [7, 11) is 3.36. The zero-order valence-corrected chi connectivity index (χ0v) is 16.0. The fourth-order valence-corrected chi connectivity index (χ4v) is 2.41. The lowest BCUT2D eigenvalue weighted by atomic mass is 10.2. The van der Waals surface area contributed by atoms with Crippen LogP contribution in [0.3, 0.4) is 0 Å². The number of nitrogens with zero attached hydrogens (tertiary/aromatic N) is 1. The molecular weight excluding hydrogens is 330 g/mol. The minimum atomic E-state index is -0.0960. The summed E-state index contributed by atoms with van der Waals surface area (Å²) in [6.07, 6.45) is 5.39. The Morgan fingerprint density at radius 3 is 2.69 bits per heavy atom. The van der Waals surface area contributed by atoms with E-state index in [1.54, 1.807) is 31.2 Å². The summed E-state index contributed by atoms with van der Waals surface area (Å²) in [6.45, 7) is 5.10. The average Bonchev–Trinajstić information content (AvgIpc) is 3.05. The molecule has 0 atom stereocenters. The third kappa shape index (κ3) is 5.69.